The Morgan fingerprint density at radius 1 is 1.22 bits per heavy atom. The van der Waals surface area contributed by atoms with Crippen LogP contribution < -0.4 is 5.32 Å². The lowest BCUT2D eigenvalue weighted by Gasteiger charge is -2.08. The van der Waals surface area contributed by atoms with Gasteiger partial charge in [0.05, 0.1) is 0 Å². The van der Waals surface area contributed by atoms with Crippen LogP contribution in [0.5, 0.6) is 0 Å². The summed E-state index contributed by atoms with van der Waals surface area (Å²) in [7, 11) is 0. The number of hydrogen-bond donors (Lipinski definition) is 2. The van der Waals surface area contributed by atoms with Gasteiger partial charge in [-0.25, -0.2) is 0 Å². The molecule has 0 aliphatic carbocycles. The van der Waals surface area contributed by atoms with E-state index in [2.05, 4.69) is 33.7 Å². The number of nitrogens with one attached hydrogen (secondary N) is 2. The minimum Gasteiger partial charge on any atom is -0.355 e. The molecule has 0 atom stereocenters. The van der Waals surface area contributed by atoms with Gasteiger partial charge in [0.1, 0.15) is 0 Å². The van der Waals surface area contributed by atoms with E-state index < -0.39 is 0 Å². The highest BCUT2D eigenvalue weighted by Gasteiger charge is 2.10. The molecule has 0 spiro atoms. The standard InChI is InChI=1S/C20H22N4OS2/c1-15-6-5-7-16(14-15)19-22-23-20(26)24(19)12-10-18(25)21-11-13-27-17-8-3-2-4-9-17/h2-9,14H,10-13H2,1H3,(H,21,25)(H,23,26). The summed E-state index contributed by atoms with van der Waals surface area (Å²) in [5, 5.41) is 10.1. The monoisotopic (exact) mass is 398 g/mol. The molecular weight excluding hydrogens is 376 g/mol. The largest absolute Gasteiger partial charge is 0.355 e. The predicted octanol–water partition coefficient (Wildman–Crippen LogP) is 4.21. The second kappa shape index (κ2) is 9.53. The van der Waals surface area contributed by atoms with Crippen molar-refractivity contribution in [2.75, 3.05) is 12.3 Å². The summed E-state index contributed by atoms with van der Waals surface area (Å²) in [5.74, 6) is 1.62. The molecular formula is C20H22N4OS2. The van der Waals surface area contributed by atoms with Gasteiger partial charge < -0.3 is 5.32 Å². The average Bonchev–Trinajstić information content (AvgIpc) is 3.05. The van der Waals surface area contributed by atoms with Crippen LogP contribution in [0.15, 0.2) is 59.5 Å². The molecule has 2 N–H and O–H groups in total. The minimum absolute atomic E-state index is 0.0157. The van der Waals surface area contributed by atoms with Gasteiger partial charge in [0, 0.05) is 35.7 Å². The zero-order valence-electron chi connectivity index (χ0n) is 15.1. The van der Waals surface area contributed by atoms with Crippen molar-refractivity contribution in [2.45, 2.75) is 24.8 Å². The molecule has 0 unspecified atom stereocenters. The maximum absolute atomic E-state index is 12.2. The van der Waals surface area contributed by atoms with E-state index in [1.807, 2.05) is 47.9 Å². The zero-order chi connectivity index (χ0) is 19.1. The summed E-state index contributed by atoms with van der Waals surface area (Å²) in [5.41, 5.74) is 2.14. The van der Waals surface area contributed by atoms with Gasteiger partial charge in [-0.05, 0) is 37.3 Å². The summed E-state index contributed by atoms with van der Waals surface area (Å²) in [6.07, 6.45) is 0.364. The number of aryl methyl sites for hydroxylation is 1. The lowest BCUT2D eigenvalue weighted by molar-refractivity contribution is -0.121. The van der Waals surface area contributed by atoms with Gasteiger partial charge in [0.25, 0.3) is 0 Å². The van der Waals surface area contributed by atoms with E-state index >= 15 is 0 Å². The first kappa shape index (κ1) is 19.4. The first-order chi connectivity index (χ1) is 13.1. The SMILES string of the molecule is Cc1cccc(-c2n[nH]c(=S)n2CCC(=O)NCCSc2ccccc2)c1. The molecule has 0 saturated carbocycles. The molecule has 1 amide bonds. The average molecular weight is 399 g/mol. The van der Waals surface area contributed by atoms with Gasteiger partial charge in [-0.1, -0.05) is 42.0 Å². The van der Waals surface area contributed by atoms with Crippen LogP contribution in [0.25, 0.3) is 11.4 Å². The van der Waals surface area contributed by atoms with Crippen molar-refractivity contribution in [3.05, 3.63) is 64.9 Å². The van der Waals surface area contributed by atoms with E-state index in [0.29, 0.717) is 24.3 Å². The molecule has 7 heteroatoms. The van der Waals surface area contributed by atoms with Gasteiger partial charge >= 0.3 is 0 Å². The number of rotatable bonds is 8. The summed E-state index contributed by atoms with van der Waals surface area (Å²) >= 11 is 7.06. The number of nitrogens with zero attached hydrogens (tertiary/aromatic N) is 2. The van der Waals surface area contributed by atoms with Gasteiger partial charge in [-0.3, -0.25) is 14.5 Å². The third kappa shape index (κ3) is 5.55. The number of benzene rings is 2. The third-order valence-corrected chi connectivity index (χ3v) is 5.36. The van der Waals surface area contributed by atoms with E-state index in [1.54, 1.807) is 11.8 Å². The topological polar surface area (TPSA) is 62.7 Å². The second-order valence-electron chi connectivity index (χ2n) is 6.13. The normalized spacial score (nSPS) is 10.7. The van der Waals surface area contributed by atoms with E-state index in [0.717, 1.165) is 22.7 Å². The van der Waals surface area contributed by atoms with Gasteiger partial charge in [0.2, 0.25) is 5.91 Å². The van der Waals surface area contributed by atoms with Crippen molar-refractivity contribution >= 4 is 29.9 Å². The molecule has 140 valence electrons. The third-order valence-electron chi connectivity index (χ3n) is 4.03. The first-order valence-corrected chi connectivity index (χ1v) is 10.2. The lowest BCUT2D eigenvalue weighted by atomic mass is 10.1. The van der Waals surface area contributed by atoms with Crippen LogP contribution in [0.1, 0.15) is 12.0 Å². The van der Waals surface area contributed by atoms with Crippen LogP contribution in [-0.2, 0) is 11.3 Å². The maximum atomic E-state index is 12.2. The van der Waals surface area contributed by atoms with Crippen molar-refractivity contribution in [1.29, 1.82) is 0 Å². The molecule has 0 saturated heterocycles. The van der Waals surface area contributed by atoms with E-state index in [9.17, 15) is 4.79 Å². The molecule has 5 nitrogen and oxygen atoms in total. The summed E-state index contributed by atoms with van der Waals surface area (Å²) in [6, 6.07) is 18.2. The van der Waals surface area contributed by atoms with Crippen molar-refractivity contribution in [3.63, 3.8) is 0 Å². The number of carbonyl (C=O) groups is 1. The van der Waals surface area contributed by atoms with Crippen molar-refractivity contribution in [1.82, 2.24) is 20.1 Å². The number of amides is 1. The van der Waals surface area contributed by atoms with Crippen LogP contribution >= 0.6 is 24.0 Å². The fraction of sp³-hybridized carbons (Fsp3) is 0.250. The zero-order valence-corrected chi connectivity index (χ0v) is 16.8. The Morgan fingerprint density at radius 2 is 2.04 bits per heavy atom. The van der Waals surface area contributed by atoms with Crippen LogP contribution in [0.3, 0.4) is 0 Å². The molecule has 1 aromatic heterocycles. The second-order valence-corrected chi connectivity index (χ2v) is 7.69. The predicted molar refractivity (Wildman–Crippen MR) is 112 cm³/mol. The Hall–Kier alpha value is -2.38. The number of hydrogen-bond acceptors (Lipinski definition) is 4. The molecule has 0 bridgehead atoms. The van der Waals surface area contributed by atoms with Crippen LogP contribution in [0.2, 0.25) is 0 Å². The first-order valence-electron chi connectivity index (χ1n) is 8.80. The van der Waals surface area contributed by atoms with Crippen LogP contribution in [-0.4, -0.2) is 33.0 Å². The molecule has 0 aliphatic rings. The molecule has 27 heavy (non-hydrogen) atoms. The van der Waals surface area contributed by atoms with E-state index in [1.165, 1.54) is 4.90 Å². The molecule has 0 fully saturated rings. The highest BCUT2D eigenvalue weighted by molar-refractivity contribution is 7.99. The Labute approximate surface area is 168 Å². The quantitative estimate of drug-likeness (QED) is 0.339. The molecule has 0 radical (unpaired) electrons. The minimum atomic E-state index is 0.0157. The van der Waals surface area contributed by atoms with E-state index in [4.69, 9.17) is 12.2 Å². The number of aromatic amines is 1. The Kier molecular flexibility index (Phi) is 6.84. The van der Waals surface area contributed by atoms with Gasteiger partial charge in [0.15, 0.2) is 10.6 Å². The highest BCUT2D eigenvalue weighted by atomic mass is 32.2. The highest BCUT2D eigenvalue weighted by Crippen LogP contribution is 2.19. The molecule has 0 aliphatic heterocycles. The molecule has 1 heterocycles. The lowest BCUT2D eigenvalue weighted by Crippen LogP contribution is -2.26. The number of carbonyl (C=O) groups excluding carboxylic acids is 1. The Bertz CT molecular complexity index is 950. The Balaban J connectivity index is 1.50. The number of thioether (sulfide) groups is 1. The van der Waals surface area contributed by atoms with Crippen LogP contribution in [0.4, 0.5) is 0 Å². The van der Waals surface area contributed by atoms with Crippen molar-refractivity contribution in [3.8, 4) is 11.4 Å². The smallest absolute Gasteiger partial charge is 0.221 e. The van der Waals surface area contributed by atoms with E-state index in [-0.39, 0.29) is 5.91 Å². The molecule has 3 aromatic rings. The fourth-order valence-electron chi connectivity index (χ4n) is 2.71. The summed E-state index contributed by atoms with van der Waals surface area (Å²) in [6.45, 7) is 3.17. The number of aromatic nitrogens is 3. The fourth-order valence-corrected chi connectivity index (χ4v) is 3.72. The van der Waals surface area contributed by atoms with Crippen LogP contribution in [0, 0.1) is 11.7 Å². The van der Waals surface area contributed by atoms with Crippen molar-refractivity contribution < 1.29 is 4.79 Å². The Morgan fingerprint density at radius 3 is 2.81 bits per heavy atom. The number of H-pyrrole nitrogens is 1. The maximum Gasteiger partial charge on any atom is 0.221 e. The summed E-state index contributed by atoms with van der Waals surface area (Å²) in [4.78, 5) is 13.4. The van der Waals surface area contributed by atoms with Crippen molar-refractivity contribution in [2.24, 2.45) is 0 Å². The van der Waals surface area contributed by atoms with Gasteiger partial charge in [-0.2, -0.15) is 5.10 Å². The molecule has 3 rings (SSSR count). The van der Waals surface area contributed by atoms with Gasteiger partial charge in [-0.15, -0.1) is 11.8 Å². The molecule has 2 aromatic carbocycles. The summed E-state index contributed by atoms with van der Waals surface area (Å²) < 4.78 is 2.40.